The predicted octanol–water partition coefficient (Wildman–Crippen LogP) is 0.511. The first-order valence-electron chi connectivity index (χ1n) is 6.35. The van der Waals surface area contributed by atoms with Crippen molar-refractivity contribution in [3.63, 3.8) is 0 Å². The van der Waals surface area contributed by atoms with Crippen LogP contribution < -0.4 is 17.0 Å². The van der Waals surface area contributed by atoms with E-state index < -0.39 is 0 Å². The Kier molecular flexibility index (Phi) is 9.31. The number of nitrogens with zero attached hydrogens (tertiary/aromatic N) is 1. The van der Waals surface area contributed by atoms with Crippen LogP contribution in [0.4, 0.5) is 0 Å². The van der Waals surface area contributed by atoms with Crippen molar-refractivity contribution in [2.45, 2.75) is 58.9 Å². The summed E-state index contributed by atoms with van der Waals surface area (Å²) in [5.41, 5.74) is 1.45. The van der Waals surface area contributed by atoms with Gasteiger partial charge in [-0.05, 0) is 6.42 Å². The summed E-state index contributed by atoms with van der Waals surface area (Å²) in [6, 6.07) is 6.49. The van der Waals surface area contributed by atoms with E-state index in [0.29, 0.717) is 0 Å². The zero-order valence-corrected chi connectivity index (χ0v) is 11.3. The van der Waals surface area contributed by atoms with Crippen LogP contribution in [-0.2, 0) is 13.0 Å². The fourth-order valence-electron chi connectivity index (χ4n) is 1.94. The second kappa shape index (κ2) is 9.65. The van der Waals surface area contributed by atoms with E-state index in [1.165, 1.54) is 44.3 Å². The van der Waals surface area contributed by atoms with Crippen molar-refractivity contribution < 1.29 is 17.0 Å². The van der Waals surface area contributed by atoms with Crippen LogP contribution >= 0.6 is 0 Å². The van der Waals surface area contributed by atoms with Crippen LogP contribution in [0.1, 0.15) is 51.6 Å². The lowest BCUT2D eigenvalue weighted by Gasteiger charge is -2.01. The van der Waals surface area contributed by atoms with Gasteiger partial charge in [-0.1, -0.05) is 39.2 Å². The van der Waals surface area contributed by atoms with Crippen molar-refractivity contribution in [1.29, 1.82) is 0 Å². The van der Waals surface area contributed by atoms with Crippen molar-refractivity contribution in [2.24, 2.45) is 0 Å². The van der Waals surface area contributed by atoms with Gasteiger partial charge >= 0.3 is 0 Å². The van der Waals surface area contributed by atoms with Gasteiger partial charge in [0.05, 0.1) is 0 Å². The van der Waals surface area contributed by atoms with E-state index in [0.717, 1.165) is 6.42 Å². The molecular weight excluding hydrogens is 218 g/mol. The summed E-state index contributed by atoms with van der Waals surface area (Å²) in [4.78, 5) is 0. The highest BCUT2D eigenvalue weighted by atomic mass is 35.5. The molecule has 0 saturated carbocycles. The van der Waals surface area contributed by atoms with Gasteiger partial charge in [0.2, 0.25) is 0 Å². The summed E-state index contributed by atoms with van der Waals surface area (Å²) >= 11 is 0. The number of hydrogen-bond donors (Lipinski definition) is 0. The fourth-order valence-corrected chi connectivity index (χ4v) is 1.94. The fraction of sp³-hybridized carbons (Fsp3) is 0.643. The van der Waals surface area contributed by atoms with Crippen molar-refractivity contribution >= 4 is 0 Å². The van der Waals surface area contributed by atoms with Crippen LogP contribution in [0.15, 0.2) is 24.4 Å². The van der Waals surface area contributed by atoms with E-state index in [9.17, 15) is 0 Å². The van der Waals surface area contributed by atoms with E-state index in [4.69, 9.17) is 0 Å². The Morgan fingerprint density at radius 3 is 2.44 bits per heavy atom. The Bertz CT molecular complexity index is 273. The van der Waals surface area contributed by atoms with Crippen molar-refractivity contribution in [1.82, 2.24) is 0 Å². The molecule has 1 nitrogen and oxygen atoms in total. The minimum absolute atomic E-state index is 0. The molecule has 0 aliphatic carbocycles. The number of unbranched alkanes of at least 4 members (excludes halogenated alkanes) is 4. The van der Waals surface area contributed by atoms with Gasteiger partial charge in [0.1, 0.15) is 6.54 Å². The molecule has 0 spiro atoms. The molecule has 92 valence electrons. The molecular formula is C14H24ClN. The number of aromatic nitrogens is 1. The molecule has 0 atom stereocenters. The average molecular weight is 242 g/mol. The first-order chi connectivity index (χ1) is 7.38. The molecule has 2 heteroatoms. The number of rotatable bonds is 7. The van der Waals surface area contributed by atoms with Gasteiger partial charge in [-0.25, -0.2) is 4.57 Å². The zero-order chi connectivity index (χ0) is 10.9. The summed E-state index contributed by atoms with van der Waals surface area (Å²) in [5.74, 6) is 0. The molecule has 0 aliphatic heterocycles. The number of halogens is 1. The monoisotopic (exact) mass is 241 g/mol. The SMILES string of the molecule is CCCCCCC[n+]1ccccc1CC.[Cl-]. The smallest absolute Gasteiger partial charge is 0.181 e. The summed E-state index contributed by atoms with van der Waals surface area (Å²) in [6.07, 6.45) is 10.2. The van der Waals surface area contributed by atoms with Gasteiger partial charge in [-0.15, -0.1) is 0 Å². The third kappa shape index (κ3) is 5.50. The van der Waals surface area contributed by atoms with Gasteiger partial charge in [0.15, 0.2) is 11.9 Å². The molecule has 0 saturated heterocycles. The Morgan fingerprint density at radius 2 is 1.75 bits per heavy atom. The lowest BCUT2D eigenvalue weighted by atomic mass is 10.1. The van der Waals surface area contributed by atoms with E-state index in [1.807, 2.05) is 0 Å². The first-order valence-corrected chi connectivity index (χ1v) is 6.35. The minimum atomic E-state index is 0. The third-order valence-corrected chi connectivity index (χ3v) is 2.90. The Hall–Kier alpha value is -0.560. The summed E-state index contributed by atoms with van der Waals surface area (Å²) in [6.45, 7) is 5.68. The maximum atomic E-state index is 2.39. The van der Waals surface area contributed by atoms with Crippen LogP contribution in [0.25, 0.3) is 0 Å². The maximum Gasteiger partial charge on any atom is 0.181 e. The summed E-state index contributed by atoms with van der Waals surface area (Å²) in [7, 11) is 0. The van der Waals surface area contributed by atoms with E-state index in [-0.39, 0.29) is 12.4 Å². The molecule has 0 radical (unpaired) electrons. The molecule has 1 aromatic rings. The zero-order valence-electron chi connectivity index (χ0n) is 10.6. The molecule has 0 unspecified atom stereocenters. The molecule has 0 N–H and O–H groups in total. The molecule has 16 heavy (non-hydrogen) atoms. The average Bonchev–Trinajstić information content (AvgIpc) is 2.29. The molecule has 0 aromatic carbocycles. The van der Waals surface area contributed by atoms with Crippen LogP contribution in [0.5, 0.6) is 0 Å². The number of pyridine rings is 1. The highest BCUT2D eigenvalue weighted by Crippen LogP contribution is 2.02. The summed E-state index contributed by atoms with van der Waals surface area (Å²) < 4.78 is 2.39. The van der Waals surface area contributed by atoms with Crippen molar-refractivity contribution in [3.05, 3.63) is 30.1 Å². The molecule has 0 bridgehead atoms. The van der Waals surface area contributed by atoms with Crippen LogP contribution in [0, 0.1) is 0 Å². The normalized spacial score (nSPS) is 9.88. The predicted molar refractivity (Wildman–Crippen MR) is 64.8 cm³/mol. The molecule has 0 fully saturated rings. The number of aryl methyl sites for hydroxylation is 2. The molecule has 0 amide bonds. The van der Waals surface area contributed by atoms with Crippen molar-refractivity contribution in [3.8, 4) is 0 Å². The van der Waals surface area contributed by atoms with E-state index in [1.54, 1.807) is 0 Å². The standard InChI is InChI=1S/C14H24N.ClH/c1-3-5-6-7-9-12-15-13-10-8-11-14(15)4-2;/h8,10-11,13H,3-7,9,12H2,1-2H3;1H/q+1;/p-1. The minimum Gasteiger partial charge on any atom is -1.00 e. The quantitative estimate of drug-likeness (QED) is 0.484. The molecule has 1 aromatic heterocycles. The largest absolute Gasteiger partial charge is 1.00 e. The highest BCUT2D eigenvalue weighted by molar-refractivity contribution is 4.96. The lowest BCUT2D eigenvalue weighted by molar-refractivity contribution is -0.704. The third-order valence-electron chi connectivity index (χ3n) is 2.90. The van der Waals surface area contributed by atoms with Crippen LogP contribution in [0.3, 0.4) is 0 Å². The molecule has 1 heterocycles. The molecule has 0 aliphatic rings. The maximum absolute atomic E-state index is 2.39. The second-order valence-electron chi connectivity index (χ2n) is 4.15. The van der Waals surface area contributed by atoms with Crippen LogP contribution in [0.2, 0.25) is 0 Å². The van der Waals surface area contributed by atoms with Gasteiger partial charge in [0.25, 0.3) is 0 Å². The van der Waals surface area contributed by atoms with Gasteiger partial charge in [0, 0.05) is 25.0 Å². The topological polar surface area (TPSA) is 3.88 Å². The Morgan fingerprint density at radius 1 is 1.00 bits per heavy atom. The molecule has 1 rings (SSSR count). The van der Waals surface area contributed by atoms with Gasteiger partial charge in [-0.2, -0.15) is 0 Å². The van der Waals surface area contributed by atoms with Gasteiger partial charge < -0.3 is 12.4 Å². The number of hydrogen-bond acceptors (Lipinski definition) is 0. The Labute approximate surface area is 106 Å². The highest BCUT2D eigenvalue weighted by Gasteiger charge is 2.05. The summed E-state index contributed by atoms with van der Waals surface area (Å²) in [5, 5.41) is 0. The van der Waals surface area contributed by atoms with Crippen LogP contribution in [-0.4, -0.2) is 0 Å². The second-order valence-corrected chi connectivity index (χ2v) is 4.15. The Balaban J connectivity index is 0.00000225. The van der Waals surface area contributed by atoms with Crippen molar-refractivity contribution in [2.75, 3.05) is 0 Å². The van der Waals surface area contributed by atoms with Gasteiger partial charge in [-0.3, -0.25) is 0 Å². The lowest BCUT2D eigenvalue weighted by Crippen LogP contribution is -3.00. The first kappa shape index (κ1) is 15.4. The van der Waals surface area contributed by atoms with E-state index >= 15 is 0 Å². The van der Waals surface area contributed by atoms with E-state index in [2.05, 4.69) is 42.8 Å².